The van der Waals surface area contributed by atoms with E-state index in [0.717, 1.165) is 25.7 Å². The van der Waals surface area contributed by atoms with E-state index in [1.165, 1.54) is 13.2 Å². The molecule has 0 bridgehead atoms. The molecule has 0 amide bonds. The molecule has 10 heteroatoms. The van der Waals surface area contributed by atoms with Crippen molar-refractivity contribution in [2.24, 2.45) is 0 Å². The number of benzene rings is 1. The second-order valence-corrected chi connectivity index (χ2v) is 8.42. The molecule has 1 saturated carbocycles. The lowest BCUT2D eigenvalue weighted by Crippen LogP contribution is -2.16. The summed E-state index contributed by atoms with van der Waals surface area (Å²) in [5, 5.41) is 20.6. The van der Waals surface area contributed by atoms with Crippen molar-refractivity contribution >= 4 is 28.5 Å². The van der Waals surface area contributed by atoms with Gasteiger partial charge in [-0.3, -0.25) is 0 Å². The highest BCUT2D eigenvalue weighted by atomic mass is 19.1. The minimum atomic E-state index is -0.463. The minimum absolute atomic E-state index is 0.252. The van der Waals surface area contributed by atoms with Crippen molar-refractivity contribution < 1.29 is 13.7 Å². The fourth-order valence-electron chi connectivity index (χ4n) is 4.54. The zero-order valence-electron chi connectivity index (χ0n) is 19.1. The van der Waals surface area contributed by atoms with Gasteiger partial charge >= 0.3 is 0 Å². The lowest BCUT2D eigenvalue weighted by molar-refractivity contribution is 0.393. The SMILES string of the molecule is COc1cc(-c2c(C)noc2C)c(F)cc1Nc1nc(NC2CCCC2)c2c(C#N)c[nH]c2n1. The van der Waals surface area contributed by atoms with Crippen LogP contribution in [0.4, 0.5) is 21.8 Å². The average molecular weight is 462 g/mol. The first-order chi connectivity index (χ1) is 16.5. The molecule has 0 atom stereocenters. The van der Waals surface area contributed by atoms with Gasteiger partial charge in [0.2, 0.25) is 5.95 Å². The van der Waals surface area contributed by atoms with E-state index in [9.17, 15) is 5.26 Å². The average Bonchev–Trinajstić information content (AvgIpc) is 3.55. The fraction of sp³-hybridized carbons (Fsp3) is 0.333. The molecule has 174 valence electrons. The number of nitriles is 1. The Kier molecular flexibility index (Phi) is 5.53. The van der Waals surface area contributed by atoms with E-state index < -0.39 is 5.82 Å². The van der Waals surface area contributed by atoms with Gasteiger partial charge in [-0.1, -0.05) is 18.0 Å². The number of hydrogen-bond acceptors (Lipinski definition) is 8. The van der Waals surface area contributed by atoms with Crippen molar-refractivity contribution in [2.45, 2.75) is 45.6 Å². The maximum Gasteiger partial charge on any atom is 0.231 e. The Morgan fingerprint density at radius 1 is 1.24 bits per heavy atom. The first kappa shape index (κ1) is 21.7. The minimum Gasteiger partial charge on any atom is -0.495 e. The molecule has 34 heavy (non-hydrogen) atoms. The van der Waals surface area contributed by atoms with Crippen molar-refractivity contribution in [2.75, 3.05) is 17.7 Å². The first-order valence-corrected chi connectivity index (χ1v) is 11.1. The van der Waals surface area contributed by atoms with E-state index in [1.807, 2.05) is 0 Å². The third kappa shape index (κ3) is 3.79. The van der Waals surface area contributed by atoms with Gasteiger partial charge in [0, 0.05) is 23.9 Å². The molecule has 4 aromatic rings. The van der Waals surface area contributed by atoms with Crippen LogP contribution in [-0.4, -0.2) is 33.3 Å². The molecular weight excluding hydrogens is 437 g/mol. The summed E-state index contributed by atoms with van der Waals surface area (Å²) in [6.45, 7) is 3.50. The Morgan fingerprint density at radius 2 is 2.03 bits per heavy atom. The van der Waals surface area contributed by atoms with Crippen LogP contribution in [0, 0.1) is 31.0 Å². The maximum atomic E-state index is 15.2. The molecule has 0 aliphatic heterocycles. The van der Waals surface area contributed by atoms with E-state index in [0.29, 0.717) is 56.4 Å². The number of hydrogen-bond donors (Lipinski definition) is 3. The van der Waals surface area contributed by atoms with Crippen LogP contribution < -0.4 is 15.4 Å². The molecule has 3 aromatic heterocycles. The summed E-state index contributed by atoms with van der Waals surface area (Å²) < 4.78 is 25.9. The van der Waals surface area contributed by atoms with Gasteiger partial charge in [0.1, 0.15) is 34.9 Å². The summed E-state index contributed by atoms with van der Waals surface area (Å²) in [7, 11) is 1.51. The summed E-state index contributed by atoms with van der Waals surface area (Å²) in [5.74, 6) is 1.30. The zero-order valence-corrected chi connectivity index (χ0v) is 19.1. The predicted molar refractivity (Wildman–Crippen MR) is 126 cm³/mol. The number of rotatable bonds is 6. The molecule has 0 radical (unpaired) electrons. The third-order valence-corrected chi connectivity index (χ3v) is 6.19. The van der Waals surface area contributed by atoms with Crippen LogP contribution >= 0.6 is 0 Å². The Balaban J connectivity index is 1.55. The summed E-state index contributed by atoms with van der Waals surface area (Å²) in [6.07, 6.45) is 6.01. The quantitative estimate of drug-likeness (QED) is 0.351. The van der Waals surface area contributed by atoms with Crippen LogP contribution in [0.5, 0.6) is 5.75 Å². The highest BCUT2D eigenvalue weighted by Crippen LogP contribution is 2.38. The fourth-order valence-corrected chi connectivity index (χ4v) is 4.54. The molecule has 9 nitrogen and oxygen atoms in total. The van der Waals surface area contributed by atoms with E-state index in [1.54, 1.807) is 26.1 Å². The van der Waals surface area contributed by atoms with Gasteiger partial charge in [0.05, 0.1) is 35.0 Å². The lowest BCUT2D eigenvalue weighted by Gasteiger charge is -2.16. The zero-order chi connectivity index (χ0) is 23.8. The van der Waals surface area contributed by atoms with Gasteiger partial charge in [-0.25, -0.2) is 4.39 Å². The summed E-state index contributed by atoms with van der Waals surface area (Å²) in [6, 6.07) is 5.41. The van der Waals surface area contributed by atoms with E-state index >= 15 is 4.39 Å². The molecule has 3 N–H and O–H groups in total. The molecule has 0 unspecified atom stereocenters. The van der Waals surface area contributed by atoms with Crippen LogP contribution in [0.15, 0.2) is 22.9 Å². The van der Waals surface area contributed by atoms with Crippen LogP contribution in [0.3, 0.4) is 0 Å². The Hall–Kier alpha value is -4.13. The van der Waals surface area contributed by atoms with Crippen LogP contribution in [0.1, 0.15) is 42.7 Å². The molecule has 0 spiro atoms. The number of aryl methyl sites for hydroxylation is 2. The van der Waals surface area contributed by atoms with Gasteiger partial charge < -0.3 is 24.9 Å². The van der Waals surface area contributed by atoms with Crippen molar-refractivity contribution in [1.29, 1.82) is 5.26 Å². The molecule has 1 aliphatic carbocycles. The van der Waals surface area contributed by atoms with Gasteiger partial charge in [0.15, 0.2) is 0 Å². The molecule has 1 fully saturated rings. The second-order valence-electron chi connectivity index (χ2n) is 8.42. The van der Waals surface area contributed by atoms with Crippen LogP contribution in [-0.2, 0) is 0 Å². The normalized spacial score (nSPS) is 13.9. The van der Waals surface area contributed by atoms with Gasteiger partial charge in [-0.2, -0.15) is 15.2 Å². The molecular formula is C24H24FN7O2. The largest absolute Gasteiger partial charge is 0.495 e. The number of H-pyrrole nitrogens is 1. The molecule has 5 rings (SSSR count). The highest BCUT2D eigenvalue weighted by Gasteiger charge is 2.22. The Labute approximate surface area is 195 Å². The van der Waals surface area contributed by atoms with Crippen molar-refractivity contribution in [1.82, 2.24) is 20.1 Å². The lowest BCUT2D eigenvalue weighted by atomic mass is 10.0. The molecule has 1 aliphatic rings. The van der Waals surface area contributed by atoms with Gasteiger partial charge in [-0.15, -0.1) is 0 Å². The monoisotopic (exact) mass is 461 g/mol. The summed E-state index contributed by atoms with van der Waals surface area (Å²) in [5.41, 5.74) is 2.88. The number of fused-ring (bicyclic) bond motifs is 1. The van der Waals surface area contributed by atoms with E-state index in [4.69, 9.17) is 9.26 Å². The van der Waals surface area contributed by atoms with E-state index in [-0.39, 0.29) is 12.0 Å². The van der Waals surface area contributed by atoms with Crippen molar-refractivity contribution in [3.05, 3.63) is 41.2 Å². The Bertz CT molecular complexity index is 1390. The second kappa shape index (κ2) is 8.67. The van der Waals surface area contributed by atoms with Crippen LogP contribution in [0.25, 0.3) is 22.2 Å². The number of nitrogens with one attached hydrogen (secondary N) is 3. The standard InChI is InChI=1S/C24H24FN7O2/c1-12-20(13(2)34-32-12)16-8-19(33-3)18(9-17(16)25)29-24-30-22-21(14(10-26)11-27-22)23(31-24)28-15-6-4-5-7-15/h8-9,11,15H,4-7H2,1-3H3,(H3,27,28,29,30,31). The number of aromatic amines is 1. The summed E-state index contributed by atoms with van der Waals surface area (Å²) in [4.78, 5) is 12.2. The first-order valence-electron chi connectivity index (χ1n) is 11.1. The van der Waals surface area contributed by atoms with E-state index in [2.05, 4.69) is 36.8 Å². The topological polar surface area (TPSA) is 125 Å². The number of methoxy groups -OCH3 is 1. The predicted octanol–water partition coefficient (Wildman–Crippen LogP) is 5.35. The number of ether oxygens (including phenoxy) is 1. The Morgan fingerprint density at radius 3 is 2.71 bits per heavy atom. The highest BCUT2D eigenvalue weighted by molar-refractivity contribution is 5.94. The number of anilines is 3. The van der Waals surface area contributed by atoms with Gasteiger partial charge in [-0.05, 0) is 32.8 Å². The van der Waals surface area contributed by atoms with Gasteiger partial charge in [0.25, 0.3) is 0 Å². The third-order valence-electron chi connectivity index (χ3n) is 6.19. The van der Waals surface area contributed by atoms with Crippen LogP contribution in [0.2, 0.25) is 0 Å². The number of aromatic nitrogens is 4. The molecule has 0 saturated heterocycles. The smallest absolute Gasteiger partial charge is 0.231 e. The summed E-state index contributed by atoms with van der Waals surface area (Å²) >= 11 is 0. The maximum absolute atomic E-state index is 15.2. The van der Waals surface area contributed by atoms with Crippen molar-refractivity contribution in [3.63, 3.8) is 0 Å². The number of halogens is 1. The molecule has 3 heterocycles. The number of nitrogens with zero attached hydrogens (tertiary/aromatic N) is 4. The van der Waals surface area contributed by atoms with Crippen molar-refractivity contribution in [3.8, 4) is 22.9 Å². The molecule has 1 aromatic carbocycles.